The van der Waals surface area contributed by atoms with Crippen LogP contribution in [0.15, 0.2) is 22.6 Å². The van der Waals surface area contributed by atoms with Crippen LogP contribution >= 0.6 is 15.9 Å². The van der Waals surface area contributed by atoms with E-state index >= 15 is 0 Å². The molecule has 1 aromatic carbocycles. The molecule has 0 aliphatic rings. The van der Waals surface area contributed by atoms with Crippen molar-refractivity contribution < 1.29 is 9.21 Å². The highest BCUT2D eigenvalue weighted by atomic mass is 79.9. The topological polar surface area (TPSA) is 55.1 Å². The van der Waals surface area contributed by atoms with Crippen LogP contribution in [0.4, 0.5) is 4.79 Å². The van der Waals surface area contributed by atoms with Crippen LogP contribution in [0.3, 0.4) is 0 Å². The molecule has 0 atom stereocenters. The molecule has 1 N–H and O–H groups in total. The minimum absolute atomic E-state index is 0.223. The van der Waals surface area contributed by atoms with E-state index in [2.05, 4.69) is 26.2 Å². The molecule has 4 nitrogen and oxygen atoms in total. The van der Waals surface area contributed by atoms with Crippen LogP contribution in [0.5, 0.6) is 0 Å². The zero-order valence-electron chi connectivity index (χ0n) is 8.08. The highest BCUT2D eigenvalue weighted by Gasteiger charge is 2.03. The second kappa shape index (κ2) is 4.02. The van der Waals surface area contributed by atoms with E-state index < -0.39 is 0 Å². The molecule has 0 saturated carbocycles. The number of hydrogen-bond donors (Lipinski definition) is 1. The van der Waals surface area contributed by atoms with Gasteiger partial charge >= 0.3 is 0 Å². The Hall–Kier alpha value is -1.36. The summed E-state index contributed by atoms with van der Waals surface area (Å²) in [5, 5.41) is 2.65. The predicted molar refractivity (Wildman–Crippen MR) is 59.9 cm³/mol. The molecule has 0 unspecified atom stereocenters. The maximum atomic E-state index is 10.7. The van der Waals surface area contributed by atoms with E-state index in [0.29, 0.717) is 12.4 Å². The van der Waals surface area contributed by atoms with Crippen molar-refractivity contribution in [1.82, 2.24) is 10.3 Å². The Morgan fingerprint density at radius 3 is 3.13 bits per heavy atom. The summed E-state index contributed by atoms with van der Waals surface area (Å²) >= 11 is 2.80. The summed E-state index contributed by atoms with van der Waals surface area (Å²) in [5.41, 5.74) is 2.57. The number of benzene rings is 1. The molecule has 1 aromatic heterocycles. The first-order valence-electron chi connectivity index (χ1n) is 4.44. The fraction of sp³-hybridized carbons (Fsp3) is 0.200. The molecule has 0 radical (unpaired) electrons. The van der Waals surface area contributed by atoms with Crippen LogP contribution in [-0.2, 0) is 6.54 Å². The van der Waals surface area contributed by atoms with Crippen molar-refractivity contribution in [3.63, 3.8) is 0 Å². The van der Waals surface area contributed by atoms with E-state index in [1.54, 1.807) is 6.92 Å². The third kappa shape index (κ3) is 2.36. The van der Waals surface area contributed by atoms with Gasteiger partial charge in [0.15, 0.2) is 11.5 Å². The van der Waals surface area contributed by atoms with Gasteiger partial charge < -0.3 is 9.73 Å². The molecule has 78 valence electrons. The fourth-order valence-electron chi connectivity index (χ4n) is 1.37. The molecule has 0 fully saturated rings. The molecule has 0 spiro atoms. The molecule has 2 aromatic rings. The van der Waals surface area contributed by atoms with Gasteiger partial charge in [-0.3, -0.25) is 4.79 Å². The number of nitrogens with one attached hydrogen (secondary N) is 1. The first kappa shape index (κ1) is 10.2. The highest BCUT2D eigenvalue weighted by molar-refractivity contribution is 9.18. The van der Waals surface area contributed by atoms with Gasteiger partial charge in [0, 0.05) is 29.4 Å². The number of carbonyl (C=O) groups is 1. The smallest absolute Gasteiger partial charge is 0.287 e. The lowest BCUT2D eigenvalue weighted by Gasteiger charge is -2.00. The molecule has 5 heteroatoms. The van der Waals surface area contributed by atoms with Crippen LogP contribution in [0.2, 0.25) is 0 Å². The van der Waals surface area contributed by atoms with Crippen LogP contribution < -0.4 is 5.32 Å². The van der Waals surface area contributed by atoms with Crippen molar-refractivity contribution in [2.24, 2.45) is 0 Å². The van der Waals surface area contributed by atoms with Gasteiger partial charge in [0.25, 0.3) is 4.82 Å². The minimum Gasteiger partial charge on any atom is -0.441 e. The van der Waals surface area contributed by atoms with Crippen molar-refractivity contribution >= 4 is 31.8 Å². The lowest BCUT2D eigenvalue weighted by atomic mass is 10.2. The van der Waals surface area contributed by atoms with Gasteiger partial charge in [0.05, 0.1) is 0 Å². The number of aryl methyl sites for hydroxylation is 1. The summed E-state index contributed by atoms with van der Waals surface area (Å²) in [5.74, 6) is 0.645. The number of hydrogen-bond acceptors (Lipinski definition) is 3. The van der Waals surface area contributed by atoms with Crippen LogP contribution in [-0.4, -0.2) is 9.80 Å². The lowest BCUT2D eigenvalue weighted by molar-refractivity contribution is 0.261. The zero-order chi connectivity index (χ0) is 10.8. The third-order valence-corrected chi connectivity index (χ3v) is 2.27. The van der Waals surface area contributed by atoms with Crippen LogP contribution in [0, 0.1) is 6.92 Å². The molecule has 0 aliphatic heterocycles. The number of nitrogens with zero attached hydrogens (tertiary/aromatic N) is 1. The number of oxazole rings is 1. The molecule has 1 amide bonds. The van der Waals surface area contributed by atoms with E-state index in [1.165, 1.54) is 0 Å². The number of rotatable bonds is 2. The normalized spacial score (nSPS) is 10.5. The monoisotopic (exact) mass is 268 g/mol. The molecule has 0 bridgehead atoms. The molecular formula is C10H9BrN2O2. The van der Waals surface area contributed by atoms with Crippen molar-refractivity contribution in [1.29, 1.82) is 0 Å². The average molecular weight is 269 g/mol. The maximum Gasteiger partial charge on any atom is 0.287 e. The van der Waals surface area contributed by atoms with Crippen LogP contribution in [0.1, 0.15) is 11.5 Å². The summed E-state index contributed by atoms with van der Waals surface area (Å²) in [6, 6.07) is 5.65. The predicted octanol–water partition coefficient (Wildman–Crippen LogP) is 2.74. The Balaban J connectivity index is 2.26. The molecule has 2 rings (SSSR count). The van der Waals surface area contributed by atoms with Gasteiger partial charge in [-0.05, 0) is 17.7 Å². The molecule has 0 saturated heterocycles. The molecule has 1 heterocycles. The number of fused-ring (bicyclic) bond motifs is 1. The Morgan fingerprint density at radius 2 is 2.40 bits per heavy atom. The van der Waals surface area contributed by atoms with E-state index in [-0.39, 0.29) is 4.82 Å². The summed E-state index contributed by atoms with van der Waals surface area (Å²) in [6.45, 7) is 2.28. The Labute approximate surface area is 94.8 Å². The van der Waals surface area contributed by atoms with Crippen molar-refractivity contribution in [2.75, 3.05) is 0 Å². The van der Waals surface area contributed by atoms with Gasteiger partial charge in [0.1, 0.15) is 5.52 Å². The number of amides is 1. The summed E-state index contributed by atoms with van der Waals surface area (Å²) in [4.78, 5) is 14.6. The standard InChI is InChI=1S/C10H9BrN2O2/c1-6-13-8-4-7(5-12-10(11)14)2-3-9(8)15-6/h2-4H,5H2,1H3,(H,12,14). The molecule has 0 aliphatic carbocycles. The highest BCUT2D eigenvalue weighted by Crippen LogP contribution is 2.16. The van der Waals surface area contributed by atoms with E-state index in [1.807, 2.05) is 18.2 Å². The molecule has 15 heavy (non-hydrogen) atoms. The quantitative estimate of drug-likeness (QED) is 0.673. The number of aromatic nitrogens is 1. The van der Waals surface area contributed by atoms with Gasteiger partial charge in [-0.25, -0.2) is 4.98 Å². The Bertz CT molecular complexity index is 507. The van der Waals surface area contributed by atoms with E-state index in [0.717, 1.165) is 16.7 Å². The van der Waals surface area contributed by atoms with Crippen molar-refractivity contribution in [3.8, 4) is 0 Å². The van der Waals surface area contributed by atoms with Gasteiger partial charge in [0.2, 0.25) is 0 Å². The van der Waals surface area contributed by atoms with Crippen LogP contribution in [0.25, 0.3) is 11.1 Å². The first-order chi connectivity index (χ1) is 7.15. The zero-order valence-corrected chi connectivity index (χ0v) is 9.67. The first-order valence-corrected chi connectivity index (χ1v) is 5.24. The third-order valence-electron chi connectivity index (χ3n) is 1.99. The second-order valence-electron chi connectivity index (χ2n) is 3.16. The maximum absolute atomic E-state index is 10.7. The summed E-state index contributed by atoms with van der Waals surface area (Å²) in [7, 11) is 0. The van der Waals surface area contributed by atoms with Crippen molar-refractivity contribution in [3.05, 3.63) is 29.7 Å². The Kier molecular flexibility index (Phi) is 2.73. The minimum atomic E-state index is -0.223. The van der Waals surface area contributed by atoms with Gasteiger partial charge in [-0.1, -0.05) is 6.07 Å². The Morgan fingerprint density at radius 1 is 1.60 bits per heavy atom. The fourth-order valence-corrected chi connectivity index (χ4v) is 1.51. The lowest BCUT2D eigenvalue weighted by Crippen LogP contribution is -2.14. The number of halogens is 1. The summed E-state index contributed by atoms with van der Waals surface area (Å²) < 4.78 is 5.34. The van der Waals surface area contributed by atoms with E-state index in [9.17, 15) is 4.79 Å². The van der Waals surface area contributed by atoms with Gasteiger partial charge in [-0.15, -0.1) is 0 Å². The van der Waals surface area contributed by atoms with Gasteiger partial charge in [-0.2, -0.15) is 0 Å². The largest absolute Gasteiger partial charge is 0.441 e. The average Bonchev–Trinajstić information content (AvgIpc) is 2.53. The SMILES string of the molecule is Cc1nc2cc(CNC(=O)Br)ccc2o1. The van der Waals surface area contributed by atoms with Crippen molar-refractivity contribution in [2.45, 2.75) is 13.5 Å². The number of carbonyl (C=O) groups excluding carboxylic acids is 1. The van der Waals surface area contributed by atoms with E-state index in [4.69, 9.17) is 4.42 Å². The summed E-state index contributed by atoms with van der Waals surface area (Å²) in [6.07, 6.45) is 0. The molecular weight excluding hydrogens is 260 g/mol. The second-order valence-corrected chi connectivity index (χ2v) is 3.88.